The van der Waals surface area contributed by atoms with Crippen LogP contribution in [0.25, 0.3) is 0 Å². The molecule has 1 aromatic carbocycles. The lowest BCUT2D eigenvalue weighted by Crippen LogP contribution is -1.99. The maximum Gasteiger partial charge on any atom is 0.302 e. The van der Waals surface area contributed by atoms with E-state index >= 15 is 0 Å². The molecule has 0 atom stereocenters. The quantitative estimate of drug-likeness (QED) is 0.476. The average Bonchev–Trinajstić information content (AvgIpc) is 2.15. The third-order valence-electron chi connectivity index (χ3n) is 1.50. The molecule has 1 aromatic rings. The largest absolute Gasteiger partial charge is 0.461 e. The fraction of sp³-hybridized carbons (Fsp3) is 0.222. The molecule has 0 fully saturated rings. The van der Waals surface area contributed by atoms with E-state index in [1.807, 2.05) is 24.3 Å². The number of benzene rings is 1. The second-order valence-corrected chi connectivity index (χ2v) is 3.65. The first-order valence-corrected chi connectivity index (χ1v) is 5.63. The Labute approximate surface area is 86.5 Å². The summed E-state index contributed by atoms with van der Waals surface area (Å²) in [5, 5.41) is 0. The lowest BCUT2D eigenvalue weighted by molar-refractivity contribution is -0.142. The molecule has 0 spiro atoms. The van der Waals surface area contributed by atoms with Crippen LogP contribution in [0.5, 0.6) is 0 Å². The molecule has 0 aromatic heterocycles. The predicted molar refractivity (Wildman–Crippen MR) is 56.8 cm³/mol. The maximum atomic E-state index is 10.6. The summed E-state index contributed by atoms with van der Waals surface area (Å²) in [6.45, 7) is 1.72. The Morgan fingerprint density at radius 2 is 2.23 bits per heavy atom. The first-order chi connectivity index (χ1) is 6.24. The van der Waals surface area contributed by atoms with Crippen molar-refractivity contribution in [1.82, 2.24) is 0 Å². The number of rotatable bonds is 3. The van der Waals surface area contributed by atoms with Crippen molar-refractivity contribution in [3.63, 3.8) is 0 Å². The van der Waals surface area contributed by atoms with Gasteiger partial charge >= 0.3 is 5.97 Å². The van der Waals surface area contributed by atoms with E-state index < -0.39 is 0 Å². The molecular weight excluding hydrogens is 204 g/mol. The molecule has 0 aliphatic rings. The summed E-state index contributed by atoms with van der Waals surface area (Å²) >= 11 is 4.10. The van der Waals surface area contributed by atoms with Crippen LogP contribution in [0.4, 0.5) is 0 Å². The minimum atomic E-state index is -0.265. The van der Waals surface area contributed by atoms with Crippen LogP contribution in [-0.2, 0) is 16.1 Å². The highest BCUT2D eigenvalue weighted by molar-refractivity contribution is 8.68. The van der Waals surface area contributed by atoms with Crippen LogP contribution in [-0.4, -0.2) is 5.97 Å². The van der Waals surface area contributed by atoms with E-state index in [9.17, 15) is 4.79 Å². The van der Waals surface area contributed by atoms with Crippen LogP contribution in [0, 0.1) is 0 Å². The molecule has 0 aliphatic carbocycles. The summed E-state index contributed by atoms with van der Waals surface area (Å²) in [5.74, 6) is -0.265. The SMILES string of the molecule is CC(=O)OCc1ccccc1SS. The number of thiol groups is 1. The fourth-order valence-corrected chi connectivity index (χ4v) is 1.81. The van der Waals surface area contributed by atoms with Crippen molar-refractivity contribution < 1.29 is 9.53 Å². The molecule has 0 amide bonds. The maximum absolute atomic E-state index is 10.6. The Morgan fingerprint density at radius 1 is 1.54 bits per heavy atom. The van der Waals surface area contributed by atoms with Crippen LogP contribution < -0.4 is 0 Å². The standard InChI is InChI=1S/C9H10O2S2/c1-7(10)11-6-8-4-2-3-5-9(8)13-12/h2-5,12H,6H2,1H3. The number of hydrogen-bond donors (Lipinski definition) is 1. The monoisotopic (exact) mass is 214 g/mol. The molecule has 70 valence electrons. The molecule has 13 heavy (non-hydrogen) atoms. The van der Waals surface area contributed by atoms with Crippen molar-refractivity contribution in [3.8, 4) is 0 Å². The van der Waals surface area contributed by atoms with Crippen molar-refractivity contribution in [2.45, 2.75) is 18.4 Å². The van der Waals surface area contributed by atoms with Crippen molar-refractivity contribution >= 4 is 28.4 Å². The number of carbonyl (C=O) groups excluding carboxylic acids is 1. The van der Waals surface area contributed by atoms with Crippen LogP contribution in [0.15, 0.2) is 29.2 Å². The number of esters is 1. The zero-order valence-corrected chi connectivity index (χ0v) is 8.90. The Morgan fingerprint density at radius 3 is 2.85 bits per heavy atom. The van der Waals surface area contributed by atoms with Crippen molar-refractivity contribution in [1.29, 1.82) is 0 Å². The zero-order valence-electron chi connectivity index (χ0n) is 7.19. The van der Waals surface area contributed by atoms with Crippen LogP contribution in [0.3, 0.4) is 0 Å². The van der Waals surface area contributed by atoms with Crippen molar-refractivity contribution in [2.75, 3.05) is 0 Å². The van der Waals surface area contributed by atoms with E-state index in [0.29, 0.717) is 6.61 Å². The van der Waals surface area contributed by atoms with Gasteiger partial charge in [0.25, 0.3) is 0 Å². The normalized spacial score (nSPS) is 9.69. The van der Waals surface area contributed by atoms with E-state index in [0.717, 1.165) is 10.5 Å². The Kier molecular flexibility index (Phi) is 4.18. The third kappa shape index (κ3) is 3.32. The van der Waals surface area contributed by atoms with Crippen LogP contribution in [0.1, 0.15) is 12.5 Å². The van der Waals surface area contributed by atoms with E-state index in [1.165, 1.54) is 17.7 Å². The molecule has 0 unspecified atom stereocenters. The molecule has 0 radical (unpaired) electrons. The summed E-state index contributed by atoms with van der Waals surface area (Å²) < 4.78 is 4.88. The highest BCUT2D eigenvalue weighted by Crippen LogP contribution is 2.25. The summed E-state index contributed by atoms with van der Waals surface area (Å²) in [7, 11) is 1.35. The van der Waals surface area contributed by atoms with Gasteiger partial charge in [0, 0.05) is 17.4 Å². The van der Waals surface area contributed by atoms with Gasteiger partial charge in [0.15, 0.2) is 0 Å². The molecule has 0 heterocycles. The lowest BCUT2D eigenvalue weighted by Gasteiger charge is -2.05. The summed E-state index contributed by atoms with van der Waals surface area (Å²) in [6, 6.07) is 7.69. The topological polar surface area (TPSA) is 26.3 Å². The number of hydrogen-bond acceptors (Lipinski definition) is 4. The van der Waals surface area contributed by atoms with Crippen molar-refractivity contribution in [3.05, 3.63) is 29.8 Å². The number of ether oxygens (including phenoxy) is 1. The smallest absolute Gasteiger partial charge is 0.302 e. The van der Waals surface area contributed by atoms with Gasteiger partial charge in [-0.2, -0.15) is 0 Å². The van der Waals surface area contributed by atoms with Gasteiger partial charge in [-0.05, 0) is 6.07 Å². The van der Waals surface area contributed by atoms with Crippen LogP contribution >= 0.6 is 22.5 Å². The molecule has 4 heteroatoms. The molecule has 1 rings (SSSR count). The van der Waals surface area contributed by atoms with E-state index in [-0.39, 0.29) is 5.97 Å². The summed E-state index contributed by atoms with van der Waals surface area (Å²) in [4.78, 5) is 11.6. The molecule has 0 saturated heterocycles. The minimum absolute atomic E-state index is 0.265. The molecular formula is C9H10O2S2. The highest BCUT2D eigenvalue weighted by Gasteiger charge is 2.01. The van der Waals surface area contributed by atoms with Gasteiger partial charge in [-0.1, -0.05) is 29.0 Å². The molecule has 0 N–H and O–H groups in total. The molecule has 0 saturated carbocycles. The van der Waals surface area contributed by atoms with Crippen molar-refractivity contribution in [2.24, 2.45) is 0 Å². The van der Waals surface area contributed by atoms with E-state index in [1.54, 1.807) is 0 Å². The van der Waals surface area contributed by atoms with Crippen LogP contribution in [0.2, 0.25) is 0 Å². The zero-order chi connectivity index (χ0) is 9.68. The first-order valence-electron chi connectivity index (χ1n) is 3.76. The minimum Gasteiger partial charge on any atom is -0.461 e. The van der Waals surface area contributed by atoms with Gasteiger partial charge in [-0.25, -0.2) is 0 Å². The predicted octanol–water partition coefficient (Wildman–Crippen LogP) is 2.69. The number of carbonyl (C=O) groups is 1. The third-order valence-corrected chi connectivity index (χ3v) is 2.69. The second kappa shape index (κ2) is 5.19. The van der Waals surface area contributed by atoms with Gasteiger partial charge in [0.2, 0.25) is 0 Å². The van der Waals surface area contributed by atoms with Gasteiger partial charge in [-0.3, -0.25) is 4.79 Å². The Balaban J connectivity index is 2.69. The average molecular weight is 214 g/mol. The second-order valence-electron chi connectivity index (χ2n) is 2.48. The summed E-state index contributed by atoms with van der Waals surface area (Å²) in [5.41, 5.74) is 0.984. The molecule has 0 aliphatic heterocycles. The summed E-state index contributed by atoms with van der Waals surface area (Å²) in [6.07, 6.45) is 0. The van der Waals surface area contributed by atoms with E-state index in [2.05, 4.69) is 11.7 Å². The highest BCUT2D eigenvalue weighted by atomic mass is 33.1. The van der Waals surface area contributed by atoms with Gasteiger partial charge in [0.1, 0.15) is 6.61 Å². The Bertz CT molecular complexity index is 299. The first kappa shape index (κ1) is 10.5. The fourth-order valence-electron chi connectivity index (χ4n) is 0.892. The molecule has 0 bridgehead atoms. The lowest BCUT2D eigenvalue weighted by atomic mass is 10.2. The van der Waals surface area contributed by atoms with Gasteiger partial charge in [0.05, 0.1) is 0 Å². The molecule has 2 nitrogen and oxygen atoms in total. The van der Waals surface area contributed by atoms with E-state index in [4.69, 9.17) is 4.74 Å². The van der Waals surface area contributed by atoms with Gasteiger partial charge < -0.3 is 4.74 Å². The van der Waals surface area contributed by atoms with Gasteiger partial charge in [-0.15, -0.1) is 11.7 Å². The Hall–Kier alpha value is -0.610.